The van der Waals surface area contributed by atoms with Crippen molar-refractivity contribution < 1.29 is 24.2 Å². The Morgan fingerprint density at radius 3 is 2.77 bits per heavy atom. The Labute approximate surface area is 128 Å². The highest BCUT2D eigenvalue weighted by atomic mass is 16.7. The quantitative estimate of drug-likeness (QED) is 0.865. The van der Waals surface area contributed by atoms with Gasteiger partial charge in [0.15, 0.2) is 11.5 Å². The molecule has 0 bridgehead atoms. The lowest BCUT2D eigenvalue weighted by atomic mass is 9.83. The molecule has 0 radical (unpaired) electrons. The van der Waals surface area contributed by atoms with Gasteiger partial charge in [-0.25, -0.2) is 4.79 Å². The molecule has 0 fully saturated rings. The van der Waals surface area contributed by atoms with Crippen molar-refractivity contribution in [2.24, 2.45) is 0 Å². The first kappa shape index (κ1) is 14.8. The highest BCUT2D eigenvalue weighted by Gasteiger charge is 2.51. The maximum absolute atomic E-state index is 12.1. The number of ketones is 1. The Morgan fingerprint density at radius 2 is 2.09 bits per heavy atom. The zero-order valence-corrected chi connectivity index (χ0v) is 12.4. The Balaban J connectivity index is 2.01. The molecule has 0 saturated carbocycles. The average molecular weight is 302 g/mol. The number of ether oxygens (including phenoxy) is 2. The standard InChI is InChI=1S/C17H18O5/c1-2-21-16(19)17(20)10-13(11-6-4-3-5-7-11)12-8-9-14(18)15(12)22-17/h3-7,13,20H,2,8-10H2,1H3/t13-,17+/m0/s1. The van der Waals surface area contributed by atoms with Crippen molar-refractivity contribution >= 4 is 11.8 Å². The number of Topliss-reactive ketones (excluding diaryl/α,β-unsaturated/α-hetero) is 1. The summed E-state index contributed by atoms with van der Waals surface area (Å²) in [6.07, 6.45) is 1.02. The third kappa shape index (κ3) is 2.41. The average Bonchev–Trinajstić information content (AvgIpc) is 2.89. The van der Waals surface area contributed by atoms with Crippen molar-refractivity contribution in [2.45, 2.75) is 37.9 Å². The predicted molar refractivity (Wildman–Crippen MR) is 77.7 cm³/mol. The Morgan fingerprint density at radius 1 is 1.36 bits per heavy atom. The van der Waals surface area contributed by atoms with Gasteiger partial charge in [-0.05, 0) is 24.5 Å². The minimum atomic E-state index is -2.10. The van der Waals surface area contributed by atoms with E-state index in [1.54, 1.807) is 6.92 Å². The van der Waals surface area contributed by atoms with Crippen LogP contribution in [0, 0.1) is 0 Å². The summed E-state index contributed by atoms with van der Waals surface area (Å²) in [5, 5.41) is 10.6. The zero-order chi connectivity index (χ0) is 15.7. The number of allylic oxidation sites excluding steroid dienone is 2. The number of rotatable bonds is 3. The SMILES string of the molecule is CCOC(=O)[C@@]1(O)C[C@@H](c2ccccc2)C2=C(O1)C(=O)CC2. The topological polar surface area (TPSA) is 72.8 Å². The number of benzene rings is 1. The molecule has 1 aromatic rings. The van der Waals surface area contributed by atoms with E-state index in [-0.39, 0.29) is 30.5 Å². The van der Waals surface area contributed by atoms with E-state index in [1.165, 1.54) is 0 Å². The number of aliphatic hydroxyl groups is 1. The molecule has 0 amide bonds. The molecule has 0 spiro atoms. The lowest BCUT2D eigenvalue weighted by Gasteiger charge is -2.35. The summed E-state index contributed by atoms with van der Waals surface area (Å²) in [6.45, 7) is 1.80. The molecule has 116 valence electrons. The minimum absolute atomic E-state index is 0.0575. The van der Waals surface area contributed by atoms with Crippen LogP contribution in [0.5, 0.6) is 0 Å². The van der Waals surface area contributed by atoms with E-state index in [1.807, 2.05) is 30.3 Å². The lowest BCUT2D eigenvalue weighted by molar-refractivity contribution is -0.222. The van der Waals surface area contributed by atoms with Crippen LogP contribution in [0.25, 0.3) is 0 Å². The third-order valence-corrected chi connectivity index (χ3v) is 4.13. The van der Waals surface area contributed by atoms with E-state index in [2.05, 4.69) is 0 Å². The fourth-order valence-corrected chi connectivity index (χ4v) is 3.09. The van der Waals surface area contributed by atoms with Crippen LogP contribution in [0.2, 0.25) is 0 Å². The van der Waals surface area contributed by atoms with E-state index < -0.39 is 11.8 Å². The summed E-state index contributed by atoms with van der Waals surface area (Å²) < 4.78 is 10.3. The van der Waals surface area contributed by atoms with Crippen molar-refractivity contribution in [1.82, 2.24) is 0 Å². The zero-order valence-electron chi connectivity index (χ0n) is 12.4. The van der Waals surface area contributed by atoms with Crippen LogP contribution >= 0.6 is 0 Å². The molecule has 0 aromatic heterocycles. The normalized spacial score (nSPS) is 27.4. The summed E-state index contributed by atoms with van der Waals surface area (Å²) in [4.78, 5) is 24.1. The van der Waals surface area contributed by atoms with Gasteiger partial charge in [-0.3, -0.25) is 4.79 Å². The van der Waals surface area contributed by atoms with Gasteiger partial charge in [0, 0.05) is 18.8 Å². The number of esters is 1. The number of hydrogen-bond donors (Lipinski definition) is 1. The van der Waals surface area contributed by atoms with Gasteiger partial charge in [0.25, 0.3) is 0 Å². The van der Waals surface area contributed by atoms with Crippen LogP contribution in [0.3, 0.4) is 0 Å². The molecule has 5 nitrogen and oxygen atoms in total. The molecule has 1 aromatic carbocycles. The molecule has 2 atom stereocenters. The van der Waals surface area contributed by atoms with Gasteiger partial charge < -0.3 is 14.6 Å². The van der Waals surface area contributed by atoms with E-state index in [0.29, 0.717) is 12.8 Å². The largest absolute Gasteiger partial charge is 0.461 e. The maximum Gasteiger partial charge on any atom is 0.379 e. The molecule has 1 aliphatic carbocycles. The van der Waals surface area contributed by atoms with Crippen LogP contribution in [0.1, 0.15) is 37.7 Å². The molecule has 3 rings (SSSR count). The molecule has 1 aliphatic heterocycles. The molecule has 1 N–H and O–H groups in total. The smallest absolute Gasteiger partial charge is 0.379 e. The monoisotopic (exact) mass is 302 g/mol. The molecule has 0 unspecified atom stereocenters. The highest BCUT2D eigenvalue weighted by Crippen LogP contribution is 2.46. The van der Waals surface area contributed by atoms with Crippen molar-refractivity contribution in [3.05, 3.63) is 47.2 Å². The van der Waals surface area contributed by atoms with Crippen LogP contribution in [-0.4, -0.2) is 29.3 Å². The number of carbonyl (C=O) groups excluding carboxylic acids is 2. The van der Waals surface area contributed by atoms with Crippen LogP contribution in [-0.2, 0) is 19.1 Å². The Kier molecular flexibility index (Phi) is 3.74. The van der Waals surface area contributed by atoms with Crippen molar-refractivity contribution in [3.8, 4) is 0 Å². The van der Waals surface area contributed by atoms with Gasteiger partial charge in [-0.1, -0.05) is 30.3 Å². The van der Waals surface area contributed by atoms with E-state index in [0.717, 1.165) is 11.1 Å². The van der Waals surface area contributed by atoms with Crippen molar-refractivity contribution in [1.29, 1.82) is 0 Å². The molecule has 1 heterocycles. The summed E-state index contributed by atoms with van der Waals surface area (Å²) in [5.74, 6) is -3.20. The summed E-state index contributed by atoms with van der Waals surface area (Å²) >= 11 is 0. The molecule has 5 heteroatoms. The minimum Gasteiger partial charge on any atom is -0.461 e. The molecular weight excluding hydrogens is 284 g/mol. The second-order valence-corrected chi connectivity index (χ2v) is 5.55. The van der Waals surface area contributed by atoms with Gasteiger partial charge in [0.1, 0.15) is 0 Å². The number of hydrogen-bond acceptors (Lipinski definition) is 5. The highest BCUT2D eigenvalue weighted by molar-refractivity contribution is 5.98. The van der Waals surface area contributed by atoms with Crippen LogP contribution < -0.4 is 0 Å². The lowest BCUT2D eigenvalue weighted by Crippen LogP contribution is -2.47. The molecule has 0 saturated heterocycles. The van der Waals surface area contributed by atoms with Crippen molar-refractivity contribution in [2.75, 3.05) is 6.61 Å². The van der Waals surface area contributed by atoms with E-state index in [9.17, 15) is 14.7 Å². The van der Waals surface area contributed by atoms with Gasteiger partial charge in [-0.2, -0.15) is 0 Å². The second kappa shape index (κ2) is 5.57. The molecular formula is C17H18O5. The van der Waals surface area contributed by atoms with Crippen molar-refractivity contribution in [3.63, 3.8) is 0 Å². The first-order valence-corrected chi connectivity index (χ1v) is 7.45. The Hall–Kier alpha value is -2.14. The third-order valence-electron chi connectivity index (χ3n) is 4.13. The van der Waals surface area contributed by atoms with Crippen LogP contribution in [0.15, 0.2) is 41.7 Å². The fourth-order valence-electron chi connectivity index (χ4n) is 3.09. The summed E-state index contributed by atoms with van der Waals surface area (Å²) in [6, 6.07) is 9.54. The Bertz CT molecular complexity index is 634. The fraction of sp³-hybridized carbons (Fsp3) is 0.412. The maximum atomic E-state index is 12.1. The van der Waals surface area contributed by atoms with Gasteiger partial charge in [-0.15, -0.1) is 0 Å². The number of carbonyl (C=O) groups is 2. The first-order chi connectivity index (χ1) is 10.5. The van der Waals surface area contributed by atoms with Gasteiger partial charge in [0.2, 0.25) is 0 Å². The molecule has 2 aliphatic rings. The van der Waals surface area contributed by atoms with E-state index >= 15 is 0 Å². The first-order valence-electron chi connectivity index (χ1n) is 7.45. The second-order valence-electron chi connectivity index (χ2n) is 5.55. The summed E-state index contributed by atoms with van der Waals surface area (Å²) in [5.41, 5.74) is 1.82. The van der Waals surface area contributed by atoms with Crippen LogP contribution in [0.4, 0.5) is 0 Å². The van der Waals surface area contributed by atoms with E-state index in [4.69, 9.17) is 9.47 Å². The summed E-state index contributed by atoms with van der Waals surface area (Å²) in [7, 11) is 0. The predicted octanol–water partition coefficient (Wildman–Crippen LogP) is 2.06. The molecule has 22 heavy (non-hydrogen) atoms. The van der Waals surface area contributed by atoms with Gasteiger partial charge >= 0.3 is 11.8 Å². The van der Waals surface area contributed by atoms with Gasteiger partial charge in [0.05, 0.1) is 6.61 Å².